The summed E-state index contributed by atoms with van der Waals surface area (Å²) in [4.78, 5) is 34.3. The number of nitrogens with two attached hydrogens (primary N) is 1. The predicted molar refractivity (Wildman–Crippen MR) is 122 cm³/mol. The number of hydrogen-bond donors (Lipinski definition) is 4. The maximum absolute atomic E-state index is 12.0. The van der Waals surface area contributed by atoms with E-state index in [1.165, 1.54) is 7.05 Å². The zero-order valence-corrected chi connectivity index (χ0v) is 20.4. The Bertz CT molecular complexity index is 543. The van der Waals surface area contributed by atoms with Crippen molar-refractivity contribution in [3.63, 3.8) is 0 Å². The van der Waals surface area contributed by atoms with Crippen molar-refractivity contribution in [2.24, 2.45) is 5.73 Å². The van der Waals surface area contributed by atoms with E-state index in [0.717, 1.165) is 0 Å². The quantitative estimate of drug-likeness (QED) is 0.206. The first kappa shape index (κ1) is 30.9. The molecular formula is C21H42N4O8. The van der Waals surface area contributed by atoms with E-state index in [1.54, 1.807) is 20.8 Å². The Labute approximate surface area is 196 Å². The van der Waals surface area contributed by atoms with Gasteiger partial charge in [-0.3, -0.25) is 4.79 Å². The minimum Gasteiger partial charge on any atom is -0.447 e. The molecule has 0 aromatic heterocycles. The lowest BCUT2D eigenvalue weighted by atomic mass is 10.1. The zero-order chi connectivity index (χ0) is 25.0. The Balaban J connectivity index is 3.45. The molecule has 0 spiro atoms. The zero-order valence-electron chi connectivity index (χ0n) is 20.4. The first-order chi connectivity index (χ1) is 15.7. The third kappa shape index (κ3) is 21.5. The third-order valence-electron chi connectivity index (χ3n) is 3.90. The van der Waals surface area contributed by atoms with Gasteiger partial charge < -0.3 is 45.4 Å². The molecule has 0 saturated heterocycles. The largest absolute Gasteiger partial charge is 0.447 e. The molecule has 0 heterocycles. The summed E-state index contributed by atoms with van der Waals surface area (Å²) in [6.45, 7) is 8.68. The molecular weight excluding hydrogens is 436 g/mol. The van der Waals surface area contributed by atoms with Crippen LogP contribution in [0.25, 0.3) is 0 Å². The van der Waals surface area contributed by atoms with Gasteiger partial charge in [0.15, 0.2) is 0 Å². The Morgan fingerprint density at radius 3 is 1.94 bits per heavy atom. The van der Waals surface area contributed by atoms with E-state index in [0.29, 0.717) is 72.0 Å². The van der Waals surface area contributed by atoms with Gasteiger partial charge in [0, 0.05) is 20.1 Å². The fraction of sp³-hybridized carbons (Fsp3) is 0.857. The molecule has 0 aromatic carbocycles. The molecule has 0 aliphatic carbocycles. The van der Waals surface area contributed by atoms with Crippen LogP contribution in [0.2, 0.25) is 0 Å². The number of amides is 3. The summed E-state index contributed by atoms with van der Waals surface area (Å²) in [6, 6.07) is -0.600. The van der Waals surface area contributed by atoms with Gasteiger partial charge >= 0.3 is 12.2 Å². The van der Waals surface area contributed by atoms with E-state index >= 15 is 0 Å². The summed E-state index contributed by atoms with van der Waals surface area (Å²) in [5.74, 6) is -0.229. The number of hydrogen-bond acceptors (Lipinski definition) is 9. The highest BCUT2D eigenvalue weighted by Crippen LogP contribution is 2.06. The fourth-order valence-electron chi connectivity index (χ4n) is 2.31. The number of alkyl carbamates (subject to hydrolysis) is 2. The fourth-order valence-corrected chi connectivity index (χ4v) is 2.31. The molecule has 0 bridgehead atoms. The molecule has 0 radical (unpaired) electrons. The van der Waals surface area contributed by atoms with Crippen LogP contribution >= 0.6 is 0 Å². The van der Waals surface area contributed by atoms with Crippen molar-refractivity contribution in [2.45, 2.75) is 51.7 Å². The minimum atomic E-state index is -0.600. The SMILES string of the molecule is CNC(=O)OCCOCCOCCOCCNC(=O)[C@@H](N)CCCCNC(=O)OC(C)(C)C. The molecule has 0 aliphatic rings. The second kappa shape index (κ2) is 19.3. The highest BCUT2D eigenvalue weighted by Gasteiger charge is 2.16. The van der Waals surface area contributed by atoms with Crippen LogP contribution in [0.1, 0.15) is 40.0 Å². The summed E-state index contributed by atoms with van der Waals surface area (Å²) in [6.07, 6.45) is 1.00. The topological polar surface area (TPSA) is 159 Å². The Morgan fingerprint density at radius 1 is 0.788 bits per heavy atom. The van der Waals surface area contributed by atoms with Gasteiger partial charge in [0.2, 0.25) is 5.91 Å². The van der Waals surface area contributed by atoms with Gasteiger partial charge in [-0.05, 0) is 40.0 Å². The molecule has 12 heteroatoms. The van der Waals surface area contributed by atoms with Gasteiger partial charge in [-0.25, -0.2) is 9.59 Å². The predicted octanol–water partition coefficient (Wildman–Crippen LogP) is 0.531. The molecule has 5 N–H and O–H groups in total. The van der Waals surface area contributed by atoms with Crippen molar-refractivity contribution in [1.82, 2.24) is 16.0 Å². The molecule has 33 heavy (non-hydrogen) atoms. The van der Waals surface area contributed by atoms with E-state index in [9.17, 15) is 14.4 Å². The molecule has 0 unspecified atom stereocenters. The Hall–Kier alpha value is -2.15. The van der Waals surface area contributed by atoms with Crippen molar-refractivity contribution in [3.8, 4) is 0 Å². The number of unbranched alkanes of at least 4 members (excludes halogenated alkanes) is 1. The maximum atomic E-state index is 12.0. The molecule has 0 rings (SSSR count). The van der Waals surface area contributed by atoms with Crippen LogP contribution in [0.5, 0.6) is 0 Å². The van der Waals surface area contributed by atoms with Crippen molar-refractivity contribution >= 4 is 18.1 Å². The lowest BCUT2D eigenvalue weighted by Gasteiger charge is -2.19. The lowest BCUT2D eigenvalue weighted by Crippen LogP contribution is -2.42. The standard InChI is InChI=1S/C21H42N4O8/c1-21(2,3)33-20(28)25-8-6-5-7-17(22)18(26)24-9-10-29-11-12-30-13-14-31-15-16-32-19(27)23-4/h17H,5-16,22H2,1-4H3,(H,23,27)(H,24,26)(H,25,28)/t17-/m0/s1. The van der Waals surface area contributed by atoms with Gasteiger partial charge in [0.25, 0.3) is 0 Å². The first-order valence-corrected chi connectivity index (χ1v) is 11.2. The van der Waals surface area contributed by atoms with E-state index in [2.05, 4.69) is 16.0 Å². The summed E-state index contributed by atoms with van der Waals surface area (Å²) in [5, 5.41) is 7.74. The highest BCUT2D eigenvalue weighted by atomic mass is 16.6. The van der Waals surface area contributed by atoms with Gasteiger partial charge in [0.1, 0.15) is 12.2 Å². The van der Waals surface area contributed by atoms with E-state index in [-0.39, 0.29) is 12.5 Å². The van der Waals surface area contributed by atoms with Crippen LogP contribution in [0, 0.1) is 0 Å². The molecule has 0 aromatic rings. The van der Waals surface area contributed by atoms with Crippen molar-refractivity contribution in [3.05, 3.63) is 0 Å². The van der Waals surface area contributed by atoms with Crippen molar-refractivity contribution < 1.29 is 38.1 Å². The molecule has 0 fully saturated rings. The summed E-state index contributed by atoms with van der Waals surface area (Å²) >= 11 is 0. The number of ether oxygens (including phenoxy) is 5. The second-order valence-corrected chi connectivity index (χ2v) is 8.05. The van der Waals surface area contributed by atoms with E-state index in [4.69, 9.17) is 29.4 Å². The van der Waals surface area contributed by atoms with Crippen molar-refractivity contribution in [1.29, 1.82) is 0 Å². The average molecular weight is 479 g/mol. The molecule has 1 atom stereocenters. The summed E-state index contributed by atoms with van der Waals surface area (Å²) in [7, 11) is 1.49. The van der Waals surface area contributed by atoms with Gasteiger partial charge in [-0.2, -0.15) is 0 Å². The van der Waals surface area contributed by atoms with Gasteiger partial charge in [-0.1, -0.05) is 0 Å². The van der Waals surface area contributed by atoms with Crippen LogP contribution in [0.3, 0.4) is 0 Å². The maximum Gasteiger partial charge on any atom is 0.407 e. The molecule has 3 amide bonds. The number of carbonyl (C=O) groups is 3. The van der Waals surface area contributed by atoms with Crippen molar-refractivity contribution in [2.75, 3.05) is 66.4 Å². The smallest absolute Gasteiger partial charge is 0.407 e. The first-order valence-electron chi connectivity index (χ1n) is 11.2. The number of carbonyl (C=O) groups excluding carboxylic acids is 3. The minimum absolute atomic E-state index is 0.184. The Kier molecular flexibility index (Phi) is 18.1. The van der Waals surface area contributed by atoms with Crippen LogP contribution in [-0.4, -0.2) is 96.1 Å². The monoisotopic (exact) mass is 478 g/mol. The van der Waals surface area contributed by atoms with Gasteiger partial charge in [0.05, 0.1) is 45.7 Å². The second-order valence-electron chi connectivity index (χ2n) is 8.05. The van der Waals surface area contributed by atoms with Crippen LogP contribution < -0.4 is 21.7 Å². The van der Waals surface area contributed by atoms with Crippen LogP contribution in [0.4, 0.5) is 9.59 Å². The normalized spacial score (nSPS) is 12.0. The summed E-state index contributed by atoms with van der Waals surface area (Å²) < 4.78 is 25.9. The Morgan fingerprint density at radius 2 is 1.36 bits per heavy atom. The molecule has 0 aliphatic heterocycles. The molecule has 0 saturated carbocycles. The van der Waals surface area contributed by atoms with Crippen LogP contribution in [0.15, 0.2) is 0 Å². The molecule has 12 nitrogen and oxygen atoms in total. The number of nitrogens with one attached hydrogen (secondary N) is 3. The third-order valence-corrected chi connectivity index (χ3v) is 3.90. The van der Waals surface area contributed by atoms with Crippen LogP contribution in [-0.2, 0) is 28.5 Å². The average Bonchev–Trinajstić information content (AvgIpc) is 2.74. The molecule has 194 valence electrons. The lowest BCUT2D eigenvalue weighted by molar-refractivity contribution is -0.122. The van der Waals surface area contributed by atoms with E-state index < -0.39 is 23.8 Å². The van der Waals surface area contributed by atoms with E-state index in [1.807, 2.05) is 0 Å². The highest BCUT2D eigenvalue weighted by molar-refractivity contribution is 5.81. The van der Waals surface area contributed by atoms with Gasteiger partial charge in [-0.15, -0.1) is 0 Å². The summed E-state index contributed by atoms with van der Waals surface area (Å²) in [5.41, 5.74) is 5.35. The number of rotatable bonds is 18.